The van der Waals surface area contributed by atoms with E-state index in [1.807, 2.05) is 6.07 Å². The number of halogens is 4. The SMILES string of the molecule is N#Cc1c(F)c(Cl)cc2c(C#N)c(Cl)c(Br)cc12. The minimum absolute atomic E-state index is 0.152. The largest absolute Gasteiger partial charge is 0.204 e. The lowest BCUT2D eigenvalue weighted by molar-refractivity contribution is 0.626. The molecule has 2 nitrogen and oxygen atoms in total. The van der Waals surface area contributed by atoms with E-state index in [0.717, 1.165) is 0 Å². The first kappa shape index (κ1) is 13.1. The molecule has 18 heavy (non-hydrogen) atoms. The molecule has 2 aromatic carbocycles. The maximum Gasteiger partial charge on any atom is 0.160 e. The molecule has 0 N–H and O–H groups in total. The van der Waals surface area contributed by atoms with Gasteiger partial charge in [-0.2, -0.15) is 10.5 Å². The van der Waals surface area contributed by atoms with Gasteiger partial charge in [-0.05, 0) is 28.1 Å². The van der Waals surface area contributed by atoms with Crippen LogP contribution in [0.1, 0.15) is 11.1 Å². The average molecular weight is 344 g/mol. The van der Waals surface area contributed by atoms with Crippen LogP contribution in [-0.2, 0) is 0 Å². The molecule has 0 heterocycles. The molecule has 0 saturated heterocycles. The molecule has 0 aliphatic rings. The highest BCUT2D eigenvalue weighted by Crippen LogP contribution is 2.37. The van der Waals surface area contributed by atoms with E-state index in [0.29, 0.717) is 15.2 Å². The van der Waals surface area contributed by atoms with Crippen LogP contribution in [0, 0.1) is 28.5 Å². The molecule has 0 spiro atoms. The summed E-state index contributed by atoms with van der Waals surface area (Å²) >= 11 is 14.8. The Labute approximate surface area is 120 Å². The van der Waals surface area contributed by atoms with E-state index < -0.39 is 5.82 Å². The number of rotatable bonds is 0. The maximum atomic E-state index is 13.7. The summed E-state index contributed by atoms with van der Waals surface area (Å²) in [4.78, 5) is 0. The van der Waals surface area contributed by atoms with Gasteiger partial charge in [-0.3, -0.25) is 0 Å². The molecule has 0 atom stereocenters. The van der Waals surface area contributed by atoms with Gasteiger partial charge in [0.05, 0.1) is 21.2 Å². The van der Waals surface area contributed by atoms with Crippen molar-refractivity contribution in [1.29, 1.82) is 10.5 Å². The quantitative estimate of drug-likeness (QED) is 0.690. The van der Waals surface area contributed by atoms with Crippen molar-refractivity contribution < 1.29 is 4.39 Å². The first-order chi connectivity index (χ1) is 8.51. The van der Waals surface area contributed by atoms with Crippen molar-refractivity contribution in [3.05, 3.63) is 43.6 Å². The van der Waals surface area contributed by atoms with Gasteiger partial charge in [0.15, 0.2) is 5.82 Å². The van der Waals surface area contributed by atoms with Crippen LogP contribution in [0.15, 0.2) is 16.6 Å². The third-order valence-corrected chi connectivity index (χ3v) is 3.97. The fourth-order valence-corrected chi connectivity index (χ4v) is 2.47. The highest BCUT2D eigenvalue weighted by atomic mass is 79.9. The van der Waals surface area contributed by atoms with Crippen LogP contribution in [0.4, 0.5) is 4.39 Å². The first-order valence-electron chi connectivity index (χ1n) is 4.61. The van der Waals surface area contributed by atoms with Crippen molar-refractivity contribution in [3.8, 4) is 12.1 Å². The number of hydrogen-bond acceptors (Lipinski definition) is 2. The molecular formula is C12H2BrCl2FN2. The van der Waals surface area contributed by atoms with Crippen molar-refractivity contribution in [2.75, 3.05) is 0 Å². The fourth-order valence-electron chi connectivity index (χ4n) is 1.64. The Morgan fingerprint density at radius 2 is 1.61 bits per heavy atom. The highest BCUT2D eigenvalue weighted by molar-refractivity contribution is 9.10. The summed E-state index contributed by atoms with van der Waals surface area (Å²) in [5.74, 6) is -0.801. The predicted molar refractivity (Wildman–Crippen MR) is 71.1 cm³/mol. The van der Waals surface area contributed by atoms with E-state index in [1.165, 1.54) is 12.1 Å². The number of nitrogens with zero attached hydrogens (tertiary/aromatic N) is 2. The van der Waals surface area contributed by atoms with Crippen LogP contribution in [-0.4, -0.2) is 0 Å². The molecule has 0 saturated carbocycles. The molecule has 0 radical (unpaired) electrons. The topological polar surface area (TPSA) is 47.6 Å². The molecule has 0 bridgehead atoms. The van der Waals surface area contributed by atoms with Gasteiger partial charge in [0, 0.05) is 15.2 Å². The zero-order valence-corrected chi connectivity index (χ0v) is 11.7. The predicted octanol–water partition coefficient (Wildman–Crippen LogP) is 4.79. The van der Waals surface area contributed by atoms with Crippen molar-refractivity contribution in [2.24, 2.45) is 0 Å². The van der Waals surface area contributed by atoms with Gasteiger partial charge < -0.3 is 0 Å². The third-order valence-electron chi connectivity index (χ3n) is 2.45. The number of nitriles is 2. The number of fused-ring (bicyclic) bond motifs is 1. The fraction of sp³-hybridized carbons (Fsp3) is 0. The van der Waals surface area contributed by atoms with E-state index in [-0.39, 0.29) is 21.2 Å². The second-order valence-corrected chi connectivity index (χ2v) is 5.05. The van der Waals surface area contributed by atoms with Crippen LogP contribution in [0.3, 0.4) is 0 Å². The van der Waals surface area contributed by atoms with E-state index in [2.05, 4.69) is 15.9 Å². The van der Waals surface area contributed by atoms with Crippen molar-refractivity contribution >= 4 is 49.9 Å². The van der Waals surface area contributed by atoms with Gasteiger partial charge in [-0.1, -0.05) is 23.2 Å². The molecule has 0 aliphatic heterocycles. The lowest BCUT2D eigenvalue weighted by Gasteiger charge is -2.08. The minimum Gasteiger partial charge on any atom is -0.204 e. The lowest BCUT2D eigenvalue weighted by Crippen LogP contribution is -1.92. The lowest BCUT2D eigenvalue weighted by atomic mass is 10.0. The van der Waals surface area contributed by atoms with Gasteiger partial charge in [0.1, 0.15) is 12.1 Å². The Bertz CT molecular complexity index is 694. The monoisotopic (exact) mass is 342 g/mol. The Hall–Kier alpha value is -1.33. The van der Waals surface area contributed by atoms with E-state index in [4.69, 9.17) is 33.7 Å². The molecule has 0 amide bonds. The number of hydrogen-bond donors (Lipinski definition) is 0. The van der Waals surface area contributed by atoms with Crippen LogP contribution in [0.2, 0.25) is 10.0 Å². The van der Waals surface area contributed by atoms with Gasteiger partial charge >= 0.3 is 0 Å². The maximum absolute atomic E-state index is 13.7. The zero-order chi connectivity index (χ0) is 13.4. The summed E-state index contributed by atoms with van der Waals surface area (Å²) < 4.78 is 14.1. The van der Waals surface area contributed by atoms with Crippen LogP contribution < -0.4 is 0 Å². The number of benzene rings is 2. The molecule has 6 heteroatoms. The molecular weight excluding hydrogens is 342 g/mol. The molecule has 0 aromatic heterocycles. The highest BCUT2D eigenvalue weighted by Gasteiger charge is 2.18. The second kappa shape index (κ2) is 4.74. The Balaban J connectivity index is 3.13. The van der Waals surface area contributed by atoms with Crippen molar-refractivity contribution in [1.82, 2.24) is 0 Å². The summed E-state index contributed by atoms with van der Waals surface area (Å²) in [6.07, 6.45) is 0. The average Bonchev–Trinajstić information content (AvgIpc) is 2.34. The smallest absolute Gasteiger partial charge is 0.160 e. The summed E-state index contributed by atoms with van der Waals surface area (Å²) in [5.41, 5.74) is -0.0502. The molecule has 88 valence electrons. The second-order valence-electron chi connectivity index (χ2n) is 3.41. The molecule has 0 aliphatic carbocycles. The van der Waals surface area contributed by atoms with Crippen LogP contribution in [0.5, 0.6) is 0 Å². The van der Waals surface area contributed by atoms with Crippen molar-refractivity contribution in [2.45, 2.75) is 0 Å². The first-order valence-corrected chi connectivity index (χ1v) is 6.16. The third kappa shape index (κ3) is 1.83. The molecule has 0 fully saturated rings. The van der Waals surface area contributed by atoms with E-state index in [9.17, 15) is 4.39 Å². The van der Waals surface area contributed by atoms with Crippen LogP contribution >= 0.6 is 39.1 Å². The Kier molecular flexibility index (Phi) is 3.45. The minimum atomic E-state index is -0.801. The van der Waals surface area contributed by atoms with Crippen molar-refractivity contribution in [3.63, 3.8) is 0 Å². The normalized spacial score (nSPS) is 10.1. The standard InChI is InChI=1S/C12H2BrCl2FN2/c13-9-1-5-6(7(3-17)11(9)15)2-10(14)12(16)8(5)4-18/h1-2H. The van der Waals surface area contributed by atoms with Gasteiger partial charge in [-0.25, -0.2) is 4.39 Å². The van der Waals surface area contributed by atoms with Crippen LogP contribution in [0.25, 0.3) is 10.8 Å². The molecule has 2 rings (SSSR count). The Morgan fingerprint density at radius 1 is 1.06 bits per heavy atom. The summed E-state index contributed by atoms with van der Waals surface area (Å²) in [7, 11) is 0. The summed E-state index contributed by atoms with van der Waals surface area (Å²) in [6.45, 7) is 0. The summed E-state index contributed by atoms with van der Waals surface area (Å²) in [6, 6.07) is 6.46. The van der Waals surface area contributed by atoms with Gasteiger partial charge in [-0.15, -0.1) is 0 Å². The Morgan fingerprint density at radius 3 is 2.17 bits per heavy atom. The molecule has 2 aromatic rings. The van der Waals surface area contributed by atoms with Gasteiger partial charge in [0.2, 0.25) is 0 Å². The summed E-state index contributed by atoms with van der Waals surface area (Å²) in [5, 5.41) is 18.7. The van der Waals surface area contributed by atoms with E-state index in [1.54, 1.807) is 6.07 Å². The molecule has 0 unspecified atom stereocenters. The zero-order valence-electron chi connectivity index (χ0n) is 8.56. The van der Waals surface area contributed by atoms with Gasteiger partial charge in [0.25, 0.3) is 0 Å². The van der Waals surface area contributed by atoms with E-state index >= 15 is 0 Å².